The highest BCUT2D eigenvalue weighted by molar-refractivity contribution is 7.10. The summed E-state index contributed by atoms with van der Waals surface area (Å²) in [5.41, 5.74) is 2.44. The molecule has 5 nitrogen and oxygen atoms in total. The lowest BCUT2D eigenvalue weighted by molar-refractivity contribution is 0.0939. The van der Waals surface area contributed by atoms with Gasteiger partial charge in [0.15, 0.2) is 5.69 Å². The monoisotopic (exact) mass is 328 g/mol. The van der Waals surface area contributed by atoms with Gasteiger partial charge in [0.25, 0.3) is 5.91 Å². The number of carbonyl (C=O) groups excluding carboxylic acids is 1. The van der Waals surface area contributed by atoms with Crippen LogP contribution >= 0.6 is 11.3 Å². The number of nitrogens with zero attached hydrogens (tertiary/aromatic N) is 2. The second-order valence-corrected chi connectivity index (χ2v) is 6.81. The number of H-pyrrole nitrogens is 1. The predicted octanol–water partition coefficient (Wildman–Crippen LogP) is 2.97. The molecule has 0 fully saturated rings. The van der Waals surface area contributed by atoms with Crippen molar-refractivity contribution in [3.63, 3.8) is 0 Å². The summed E-state index contributed by atoms with van der Waals surface area (Å²) in [7, 11) is 4.04. The number of likely N-dealkylation sites (N-methyl/N-ethyl adjacent to an activating group) is 1. The van der Waals surface area contributed by atoms with Crippen LogP contribution in [0.15, 0.2) is 35.7 Å². The Morgan fingerprint density at radius 3 is 2.91 bits per heavy atom. The molecule has 120 valence electrons. The van der Waals surface area contributed by atoms with Crippen molar-refractivity contribution in [3.05, 3.63) is 51.8 Å². The van der Waals surface area contributed by atoms with Gasteiger partial charge in [0.05, 0.1) is 11.6 Å². The average molecular weight is 328 g/mol. The maximum atomic E-state index is 12.5. The van der Waals surface area contributed by atoms with E-state index < -0.39 is 0 Å². The van der Waals surface area contributed by atoms with Crippen molar-refractivity contribution in [2.75, 3.05) is 20.6 Å². The van der Waals surface area contributed by atoms with Crippen LogP contribution in [0.25, 0.3) is 10.9 Å². The molecule has 2 aromatic heterocycles. The van der Waals surface area contributed by atoms with Crippen molar-refractivity contribution < 1.29 is 4.79 Å². The molecular weight excluding hydrogens is 308 g/mol. The maximum absolute atomic E-state index is 12.5. The molecule has 0 bridgehead atoms. The third-order valence-electron chi connectivity index (χ3n) is 3.88. The first-order valence-corrected chi connectivity index (χ1v) is 8.37. The Morgan fingerprint density at radius 1 is 1.39 bits per heavy atom. The van der Waals surface area contributed by atoms with E-state index in [2.05, 4.69) is 31.9 Å². The normalized spacial score (nSPS) is 12.7. The fourth-order valence-corrected chi connectivity index (χ4v) is 3.52. The molecule has 0 spiro atoms. The number of aryl methyl sites for hydroxylation is 1. The predicted molar refractivity (Wildman–Crippen MR) is 93.9 cm³/mol. The lowest BCUT2D eigenvalue weighted by Gasteiger charge is -2.23. The third-order valence-corrected chi connectivity index (χ3v) is 4.86. The fraction of sp³-hybridized carbons (Fsp3) is 0.294. The number of aromatic amines is 1. The summed E-state index contributed by atoms with van der Waals surface area (Å²) in [5, 5.41) is 13.0. The van der Waals surface area contributed by atoms with E-state index in [0.29, 0.717) is 12.2 Å². The molecule has 0 saturated heterocycles. The highest BCUT2D eigenvalue weighted by Crippen LogP contribution is 2.23. The third kappa shape index (κ3) is 3.28. The van der Waals surface area contributed by atoms with E-state index in [1.807, 2.05) is 45.3 Å². The van der Waals surface area contributed by atoms with Crippen LogP contribution in [0.3, 0.4) is 0 Å². The zero-order valence-electron chi connectivity index (χ0n) is 13.5. The number of hydrogen-bond acceptors (Lipinski definition) is 4. The standard InChI is InChI=1S/C17H20N4OS/c1-11-6-7-13-12(9-11)16(20-19-13)17(22)18-10-14(21(2)3)15-5-4-8-23-15/h4-9,14H,10H2,1-3H3,(H,18,22)(H,19,20). The Hall–Kier alpha value is -2.18. The number of aromatic nitrogens is 2. The summed E-state index contributed by atoms with van der Waals surface area (Å²) in [6.07, 6.45) is 0. The lowest BCUT2D eigenvalue weighted by atomic mass is 10.1. The average Bonchev–Trinajstić information content (AvgIpc) is 3.16. The first-order valence-electron chi connectivity index (χ1n) is 7.49. The number of hydrogen-bond donors (Lipinski definition) is 2. The van der Waals surface area contributed by atoms with Gasteiger partial charge >= 0.3 is 0 Å². The number of amides is 1. The highest BCUT2D eigenvalue weighted by atomic mass is 32.1. The first-order chi connectivity index (χ1) is 11.1. The van der Waals surface area contributed by atoms with E-state index in [-0.39, 0.29) is 11.9 Å². The molecule has 0 aliphatic carbocycles. The van der Waals surface area contributed by atoms with E-state index in [4.69, 9.17) is 0 Å². The number of fused-ring (bicyclic) bond motifs is 1. The molecular formula is C17H20N4OS. The topological polar surface area (TPSA) is 61.0 Å². The minimum absolute atomic E-state index is 0.148. The number of thiophene rings is 1. The van der Waals surface area contributed by atoms with Gasteiger partial charge in [0, 0.05) is 16.8 Å². The van der Waals surface area contributed by atoms with Crippen LogP contribution in [0.4, 0.5) is 0 Å². The van der Waals surface area contributed by atoms with Gasteiger partial charge in [-0.1, -0.05) is 17.7 Å². The lowest BCUT2D eigenvalue weighted by Crippen LogP contribution is -2.34. The van der Waals surface area contributed by atoms with Crippen LogP contribution in [-0.4, -0.2) is 41.6 Å². The summed E-state index contributed by atoms with van der Waals surface area (Å²) >= 11 is 1.70. The zero-order valence-corrected chi connectivity index (χ0v) is 14.3. The molecule has 6 heteroatoms. The number of rotatable bonds is 5. The largest absolute Gasteiger partial charge is 0.349 e. The minimum atomic E-state index is -0.148. The molecule has 3 aromatic rings. The van der Waals surface area contributed by atoms with Crippen LogP contribution < -0.4 is 5.32 Å². The number of nitrogens with one attached hydrogen (secondary N) is 2. The molecule has 1 aromatic carbocycles. The molecule has 1 unspecified atom stereocenters. The van der Waals surface area contributed by atoms with Crippen molar-refractivity contribution in [1.82, 2.24) is 20.4 Å². The minimum Gasteiger partial charge on any atom is -0.349 e. The van der Waals surface area contributed by atoms with E-state index in [9.17, 15) is 4.79 Å². The van der Waals surface area contributed by atoms with Crippen LogP contribution in [0.2, 0.25) is 0 Å². The maximum Gasteiger partial charge on any atom is 0.272 e. The Morgan fingerprint density at radius 2 is 2.22 bits per heavy atom. The van der Waals surface area contributed by atoms with Crippen LogP contribution in [0.1, 0.15) is 27.0 Å². The van der Waals surface area contributed by atoms with E-state index >= 15 is 0 Å². The summed E-state index contributed by atoms with van der Waals surface area (Å²) in [5.74, 6) is -0.148. The molecule has 0 aliphatic rings. The van der Waals surface area contributed by atoms with Crippen molar-refractivity contribution in [3.8, 4) is 0 Å². The van der Waals surface area contributed by atoms with Gasteiger partial charge in [-0.25, -0.2) is 0 Å². The quantitative estimate of drug-likeness (QED) is 0.757. The van der Waals surface area contributed by atoms with Gasteiger partial charge in [-0.3, -0.25) is 9.89 Å². The van der Waals surface area contributed by atoms with Gasteiger partial charge < -0.3 is 10.2 Å². The molecule has 3 rings (SSSR count). The van der Waals surface area contributed by atoms with E-state index in [1.54, 1.807) is 11.3 Å². The molecule has 0 radical (unpaired) electrons. The van der Waals surface area contributed by atoms with E-state index in [0.717, 1.165) is 16.5 Å². The van der Waals surface area contributed by atoms with Gasteiger partial charge in [-0.15, -0.1) is 11.3 Å². The highest BCUT2D eigenvalue weighted by Gasteiger charge is 2.19. The summed E-state index contributed by atoms with van der Waals surface area (Å²) in [6.45, 7) is 2.56. The Labute approximate surface area is 139 Å². The van der Waals surface area contributed by atoms with Crippen molar-refractivity contribution in [2.24, 2.45) is 0 Å². The van der Waals surface area contributed by atoms with Crippen molar-refractivity contribution in [1.29, 1.82) is 0 Å². The van der Waals surface area contributed by atoms with Gasteiger partial charge in [0.1, 0.15) is 0 Å². The van der Waals surface area contributed by atoms with Crippen LogP contribution in [0, 0.1) is 6.92 Å². The van der Waals surface area contributed by atoms with Gasteiger partial charge in [-0.2, -0.15) is 5.10 Å². The van der Waals surface area contributed by atoms with E-state index in [1.165, 1.54) is 4.88 Å². The number of carbonyl (C=O) groups is 1. The first kappa shape index (κ1) is 15.7. The van der Waals surface area contributed by atoms with Gasteiger partial charge in [-0.05, 0) is 44.6 Å². The molecule has 23 heavy (non-hydrogen) atoms. The molecule has 1 atom stereocenters. The summed E-state index contributed by atoms with van der Waals surface area (Å²) in [6, 6.07) is 10.2. The second-order valence-electron chi connectivity index (χ2n) is 5.83. The molecule has 0 saturated carbocycles. The fourth-order valence-electron chi connectivity index (χ4n) is 2.59. The smallest absolute Gasteiger partial charge is 0.272 e. The van der Waals surface area contributed by atoms with Crippen molar-refractivity contribution in [2.45, 2.75) is 13.0 Å². The molecule has 0 aliphatic heterocycles. The molecule has 1 amide bonds. The van der Waals surface area contributed by atoms with Crippen molar-refractivity contribution >= 4 is 28.1 Å². The summed E-state index contributed by atoms with van der Waals surface area (Å²) in [4.78, 5) is 15.9. The Bertz CT molecular complexity index is 807. The Kier molecular flexibility index (Phi) is 4.45. The number of benzene rings is 1. The second kappa shape index (κ2) is 6.52. The molecule has 2 heterocycles. The zero-order chi connectivity index (χ0) is 16.4. The summed E-state index contributed by atoms with van der Waals surface area (Å²) < 4.78 is 0. The SMILES string of the molecule is Cc1ccc2[nH]nc(C(=O)NCC(c3cccs3)N(C)C)c2c1. The van der Waals surface area contributed by atoms with Gasteiger partial charge in [0.2, 0.25) is 0 Å². The van der Waals surface area contributed by atoms with Crippen LogP contribution in [0.5, 0.6) is 0 Å². The Balaban J connectivity index is 1.76. The molecule has 2 N–H and O–H groups in total. The van der Waals surface area contributed by atoms with Crippen LogP contribution in [-0.2, 0) is 0 Å².